The molecule has 4 rings (SSSR count). The number of hydrogen-bond acceptors (Lipinski definition) is 2. The Morgan fingerprint density at radius 2 is 1.91 bits per heavy atom. The van der Waals surface area contributed by atoms with Crippen molar-refractivity contribution in [3.05, 3.63) is 71.9 Å². The average molecular weight is 305 g/mol. The highest BCUT2D eigenvalue weighted by molar-refractivity contribution is 5.83. The van der Waals surface area contributed by atoms with E-state index in [4.69, 9.17) is 0 Å². The van der Waals surface area contributed by atoms with Crippen molar-refractivity contribution in [2.75, 3.05) is 19.6 Å². The molecule has 2 aromatic carbocycles. The van der Waals surface area contributed by atoms with Gasteiger partial charge in [-0.25, -0.2) is 0 Å². The van der Waals surface area contributed by atoms with E-state index in [-0.39, 0.29) is 0 Å². The first-order chi connectivity index (χ1) is 11.3. The van der Waals surface area contributed by atoms with E-state index in [1.54, 1.807) is 0 Å². The minimum Gasteiger partial charge on any atom is -0.361 e. The van der Waals surface area contributed by atoms with Gasteiger partial charge in [0.15, 0.2) is 0 Å². The Bertz CT molecular complexity index is 778. The lowest BCUT2D eigenvalue weighted by Crippen LogP contribution is -2.46. The zero-order chi connectivity index (χ0) is 15.6. The van der Waals surface area contributed by atoms with Crippen LogP contribution in [-0.2, 0) is 0 Å². The zero-order valence-electron chi connectivity index (χ0n) is 13.5. The summed E-state index contributed by atoms with van der Waals surface area (Å²) in [5, 5.41) is 4.91. The van der Waals surface area contributed by atoms with Crippen LogP contribution in [0, 0.1) is 0 Å². The molecule has 1 saturated heterocycles. The van der Waals surface area contributed by atoms with E-state index in [9.17, 15) is 0 Å². The number of benzene rings is 2. The van der Waals surface area contributed by atoms with Crippen LogP contribution in [0.5, 0.6) is 0 Å². The van der Waals surface area contributed by atoms with Crippen molar-refractivity contribution in [2.24, 2.45) is 0 Å². The third-order valence-electron chi connectivity index (χ3n) is 5.05. The Kier molecular flexibility index (Phi) is 3.90. The zero-order valence-corrected chi connectivity index (χ0v) is 13.5. The number of hydrogen-bond donors (Lipinski definition) is 2. The van der Waals surface area contributed by atoms with Gasteiger partial charge >= 0.3 is 0 Å². The van der Waals surface area contributed by atoms with Gasteiger partial charge in [-0.3, -0.25) is 4.90 Å². The highest BCUT2D eigenvalue weighted by Crippen LogP contribution is 2.34. The molecule has 0 bridgehead atoms. The summed E-state index contributed by atoms with van der Waals surface area (Å²) in [6, 6.07) is 20.4. The van der Waals surface area contributed by atoms with Crippen molar-refractivity contribution in [1.82, 2.24) is 15.2 Å². The normalized spacial score (nSPS) is 20.7. The van der Waals surface area contributed by atoms with Gasteiger partial charge in [-0.1, -0.05) is 42.5 Å². The molecule has 0 amide bonds. The Morgan fingerprint density at radius 1 is 1.04 bits per heavy atom. The Balaban J connectivity index is 1.72. The quantitative estimate of drug-likeness (QED) is 0.769. The van der Waals surface area contributed by atoms with E-state index in [0.717, 1.165) is 19.6 Å². The van der Waals surface area contributed by atoms with Crippen LogP contribution in [0.3, 0.4) is 0 Å². The molecule has 1 aliphatic heterocycles. The molecule has 1 aliphatic rings. The lowest BCUT2D eigenvalue weighted by molar-refractivity contribution is 0.116. The number of aromatic amines is 1. The summed E-state index contributed by atoms with van der Waals surface area (Å²) in [7, 11) is 0. The highest BCUT2D eigenvalue weighted by atomic mass is 15.2. The van der Waals surface area contributed by atoms with Crippen molar-refractivity contribution in [3.8, 4) is 0 Å². The van der Waals surface area contributed by atoms with E-state index < -0.39 is 0 Å². The van der Waals surface area contributed by atoms with E-state index in [1.165, 1.54) is 22.0 Å². The van der Waals surface area contributed by atoms with E-state index >= 15 is 0 Å². The minimum atomic E-state index is 0.401. The van der Waals surface area contributed by atoms with Gasteiger partial charge in [0, 0.05) is 48.8 Å². The standard InChI is InChI=1S/C20H23N3/c1-15(16-6-3-2-4-7-16)23-13-12-21-14-20(23)18-8-5-9-19-17(18)10-11-22-19/h2-11,15,20-22H,12-14H2,1H3. The predicted octanol–water partition coefficient (Wildman–Crippen LogP) is 3.88. The fraction of sp³-hybridized carbons (Fsp3) is 0.300. The first-order valence-corrected chi connectivity index (χ1v) is 8.42. The van der Waals surface area contributed by atoms with Gasteiger partial charge in [0.1, 0.15) is 0 Å². The lowest BCUT2D eigenvalue weighted by Gasteiger charge is -2.41. The second-order valence-corrected chi connectivity index (χ2v) is 6.33. The Morgan fingerprint density at radius 3 is 2.78 bits per heavy atom. The van der Waals surface area contributed by atoms with E-state index in [0.29, 0.717) is 12.1 Å². The lowest BCUT2D eigenvalue weighted by atomic mass is 9.96. The molecule has 2 N–H and O–H groups in total. The molecule has 0 spiro atoms. The van der Waals surface area contributed by atoms with Crippen molar-refractivity contribution < 1.29 is 0 Å². The molecule has 2 unspecified atom stereocenters. The van der Waals surface area contributed by atoms with Gasteiger partial charge < -0.3 is 10.3 Å². The summed E-state index contributed by atoms with van der Waals surface area (Å²) in [5.74, 6) is 0. The molecule has 3 aromatic rings. The first-order valence-electron chi connectivity index (χ1n) is 8.42. The topological polar surface area (TPSA) is 31.1 Å². The molecule has 23 heavy (non-hydrogen) atoms. The Hall–Kier alpha value is -2.10. The maximum Gasteiger partial charge on any atom is 0.0485 e. The maximum absolute atomic E-state index is 3.57. The van der Waals surface area contributed by atoms with Gasteiger partial charge in [0.25, 0.3) is 0 Å². The maximum atomic E-state index is 3.57. The van der Waals surface area contributed by atoms with Crippen molar-refractivity contribution in [2.45, 2.75) is 19.0 Å². The monoisotopic (exact) mass is 305 g/mol. The summed E-state index contributed by atoms with van der Waals surface area (Å²) >= 11 is 0. The SMILES string of the molecule is CC(c1ccccc1)N1CCNCC1c1cccc2[nH]ccc12. The molecule has 3 heteroatoms. The number of piperazine rings is 1. The van der Waals surface area contributed by atoms with Crippen LogP contribution >= 0.6 is 0 Å². The van der Waals surface area contributed by atoms with Crippen LogP contribution in [-0.4, -0.2) is 29.5 Å². The molecule has 0 radical (unpaired) electrons. The number of aromatic nitrogens is 1. The molecule has 0 saturated carbocycles. The summed E-state index contributed by atoms with van der Waals surface area (Å²) in [4.78, 5) is 5.97. The molecule has 3 nitrogen and oxygen atoms in total. The van der Waals surface area contributed by atoms with Crippen LogP contribution in [0.1, 0.15) is 30.1 Å². The van der Waals surface area contributed by atoms with Gasteiger partial charge in [-0.2, -0.15) is 0 Å². The highest BCUT2D eigenvalue weighted by Gasteiger charge is 2.29. The number of H-pyrrole nitrogens is 1. The molecule has 1 aromatic heterocycles. The third-order valence-corrected chi connectivity index (χ3v) is 5.05. The third kappa shape index (κ3) is 2.67. The largest absolute Gasteiger partial charge is 0.361 e. The molecule has 2 atom stereocenters. The molecular weight excluding hydrogens is 282 g/mol. The number of nitrogens with zero attached hydrogens (tertiary/aromatic N) is 1. The summed E-state index contributed by atoms with van der Waals surface area (Å²) in [6.07, 6.45) is 2.04. The van der Waals surface area contributed by atoms with Crippen LogP contribution in [0.2, 0.25) is 0 Å². The van der Waals surface area contributed by atoms with Crippen molar-refractivity contribution in [3.63, 3.8) is 0 Å². The molecule has 118 valence electrons. The van der Waals surface area contributed by atoms with Gasteiger partial charge in [-0.05, 0) is 30.2 Å². The average Bonchev–Trinajstić information content (AvgIpc) is 3.10. The fourth-order valence-corrected chi connectivity index (χ4v) is 3.80. The van der Waals surface area contributed by atoms with E-state index in [1.807, 2.05) is 6.20 Å². The number of nitrogens with one attached hydrogen (secondary N) is 2. The minimum absolute atomic E-state index is 0.401. The van der Waals surface area contributed by atoms with Gasteiger partial charge in [0.2, 0.25) is 0 Å². The Labute approximate surface area is 137 Å². The molecule has 1 fully saturated rings. The number of fused-ring (bicyclic) bond motifs is 1. The van der Waals surface area contributed by atoms with Crippen LogP contribution in [0.15, 0.2) is 60.8 Å². The van der Waals surface area contributed by atoms with Crippen molar-refractivity contribution in [1.29, 1.82) is 0 Å². The van der Waals surface area contributed by atoms with E-state index in [2.05, 4.69) is 76.7 Å². The van der Waals surface area contributed by atoms with Crippen LogP contribution in [0.4, 0.5) is 0 Å². The smallest absolute Gasteiger partial charge is 0.0485 e. The van der Waals surface area contributed by atoms with Crippen molar-refractivity contribution >= 4 is 10.9 Å². The fourth-order valence-electron chi connectivity index (χ4n) is 3.80. The molecular formula is C20H23N3. The van der Waals surface area contributed by atoms with Crippen LogP contribution in [0.25, 0.3) is 10.9 Å². The van der Waals surface area contributed by atoms with Gasteiger partial charge in [0.05, 0.1) is 0 Å². The summed E-state index contributed by atoms with van der Waals surface area (Å²) in [6.45, 7) is 5.45. The predicted molar refractivity (Wildman–Crippen MR) is 95.5 cm³/mol. The summed E-state index contributed by atoms with van der Waals surface area (Å²) < 4.78 is 0. The summed E-state index contributed by atoms with van der Waals surface area (Å²) in [5.41, 5.74) is 4.03. The number of rotatable bonds is 3. The second kappa shape index (κ2) is 6.19. The van der Waals surface area contributed by atoms with Crippen LogP contribution < -0.4 is 5.32 Å². The molecule has 0 aliphatic carbocycles. The molecule has 2 heterocycles. The second-order valence-electron chi connectivity index (χ2n) is 6.33. The first kappa shape index (κ1) is 14.5. The van der Waals surface area contributed by atoms with Gasteiger partial charge in [-0.15, -0.1) is 0 Å².